The molecule has 2 aromatic rings. The number of likely N-dealkylation sites (tertiary alicyclic amines) is 1. The maximum Gasteiger partial charge on any atom is 0.315 e. The monoisotopic (exact) mass is 357 g/mol. The first kappa shape index (κ1) is 18.3. The van der Waals surface area contributed by atoms with E-state index in [4.69, 9.17) is 4.42 Å². The number of carbonyl (C=O) groups is 2. The molecule has 0 unspecified atom stereocenters. The molecule has 26 heavy (non-hydrogen) atoms. The van der Waals surface area contributed by atoms with Crippen LogP contribution in [0.15, 0.2) is 34.7 Å². The van der Waals surface area contributed by atoms with Gasteiger partial charge in [-0.15, -0.1) is 0 Å². The van der Waals surface area contributed by atoms with Gasteiger partial charge in [-0.2, -0.15) is 0 Å². The topological polar surface area (TPSA) is 74.6 Å². The summed E-state index contributed by atoms with van der Waals surface area (Å²) in [6.07, 6.45) is 1.75. The van der Waals surface area contributed by atoms with Gasteiger partial charge < -0.3 is 20.0 Å². The van der Waals surface area contributed by atoms with E-state index >= 15 is 0 Å². The molecule has 0 radical (unpaired) electrons. The minimum Gasteiger partial charge on any atom is -0.451 e. The highest BCUT2D eigenvalue weighted by atomic mass is 16.3. The Morgan fingerprint density at radius 2 is 1.88 bits per heavy atom. The molecule has 2 heterocycles. The van der Waals surface area contributed by atoms with Crippen LogP contribution in [0.3, 0.4) is 0 Å². The third kappa shape index (κ3) is 4.56. The zero-order valence-corrected chi connectivity index (χ0v) is 15.7. The van der Waals surface area contributed by atoms with Crippen molar-refractivity contribution in [1.82, 2.24) is 15.5 Å². The summed E-state index contributed by atoms with van der Waals surface area (Å²) in [4.78, 5) is 26.3. The van der Waals surface area contributed by atoms with Gasteiger partial charge in [0.2, 0.25) is 0 Å². The summed E-state index contributed by atoms with van der Waals surface area (Å²) < 4.78 is 5.68. The van der Waals surface area contributed by atoms with Crippen LogP contribution < -0.4 is 10.6 Å². The van der Waals surface area contributed by atoms with Crippen LogP contribution in [0.1, 0.15) is 44.2 Å². The number of carbonyl (C=O) groups excluding carboxylic acids is 2. The fourth-order valence-corrected chi connectivity index (χ4v) is 3.21. The van der Waals surface area contributed by atoms with E-state index in [9.17, 15) is 9.59 Å². The molecule has 1 aliphatic rings. The van der Waals surface area contributed by atoms with E-state index in [0.717, 1.165) is 23.8 Å². The molecule has 0 bridgehead atoms. The fourth-order valence-electron chi connectivity index (χ4n) is 3.21. The molecule has 2 N–H and O–H groups in total. The largest absolute Gasteiger partial charge is 0.451 e. The molecule has 1 aliphatic heterocycles. The first-order valence-electron chi connectivity index (χ1n) is 9.16. The van der Waals surface area contributed by atoms with E-state index in [2.05, 4.69) is 10.6 Å². The highest BCUT2D eigenvalue weighted by molar-refractivity contribution is 5.96. The van der Waals surface area contributed by atoms with Crippen molar-refractivity contribution in [3.05, 3.63) is 36.1 Å². The van der Waals surface area contributed by atoms with Gasteiger partial charge in [0.15, 0.2) is 5.76 Å². The number of benzene rings is 1. The number of para-hydroxylation sites is 1. The molecule has 140 valence electrons. The predicted molar refractivity (Wildman–Crippen MR) is 101 cm³/mol. The highest BCUT2D eigenvalue weighted by Gasteiger charge is 2.26. The normalized spacial score (nSPS) is 15.9. The van der Waals surface area contributed by atoms with Crippen LogP contribution in [0.4, 0.5) is 4.79 Å². The van der Waals surface area contributed by atoms with Gasteiger partial charge in [0.1, 0.15) is 5.58 Å². The summed E-state index contributed by atoms with van der Waals surface area (Å²) in [5.41, 5.74) is 0.492. The Morgan fingerprint density at radius 1 is 1.19 bits per heavy atom. The minimum atomic E-state index is -0.244. The van der Waals surface area contributed by atoms with Crippen LogP contribution in [0, 0.1) is 5.92 Å². The average Bonchev–Trinajstić information content (AvgIpc) is 3.02. The van der Waals surface area contributed by atoms with E-state index in [-0.39, 0.29) is 17.5 Å². The van der Waals surface area contributed by atoms with E-state index in [1.165, 1.54) is 0 Å². The number of hydrogen-bond donors (Lipinski definition) is 2. The highest BCUT2D eigenvalue weighted by Crippen LogP contribution is 2.23. The number of urea groups is 1. The lowest BCUT2D eigenvalue weighted by atomic mass is 9.96. The first-order chi connectivity index (χ1) is 12.3. The zero-order valence-electron chi connectivity index (χ0n) is 15.7. The lowest BCUT2D eigenvalue weighted by Crippen LogP contribution is -2.48. The number of rotatable bonds is 3. The fraction of sp³-hybridized carbons (Fsp3) is 0.500. The standard InChI is InChI=1S/C20H27N3O3/c1-20(2,3)22-19(25)21-13-14-8-10-23(11-9-14)18(24)17-12-15-6-4-5-7-16(15)26-17/h4-7,12,14H,8-11,13H2,1-3H3,(H2,21,22,25). The number of piperidine rings is 1. The molecule has 1 aromatic heterocycles. The molecule has 1 fully saturated rings. The Kier molecular flexibility index (Phi) is 5.20. The van der Waals surface area contributed by atoms with E-state index in [1.807, 2.05) is 56.0 Å². The molecule has 0 aliphatic carbocycles. The maximum absolute atomic E-state index is 12.7. The van der Waals surface area contributed by atoms with Crippen molar-refractivity contribution in [2.24, 2.45) is 5.92 Å². The van der Waals surface area contributed by atoms with Crippen LogP contribution in [0.2, 0.25) is 0 Å². The lowest BCUT2D eigenvalue weighted by molar-refractivity contribution is 0.0660. The van der Waals surface area contributed by atoms with Crippen molar-refractivity contribution in [1.29, 1.82) is 0 Å². The summed E-state index contributed by atoms with van der Waals surface area (Å²) in [6, 6.07) is 9.30. The van der Waals surface area contributed by atoms with E-state index < -0.39 is 0 Å². The molecular weight excluding hydrogens is 330 g/mol. The number of fused-ring (bicyclic) bond motifs is 1. The number of amides is 3. The smallest absolute Gasteiger partial charge is 0.315 e. The second-order valence-corrected chi connectivity index (χ2v) is 7.97. The summed E-state index contributed by atoms with van der Waals surface area (Å²) >= 11 is 0. The third-order valence-corrected chi connectivity index (χ3v) is 4.58. The predicted octanol–water partition coefficient (Wildman–Crippen LogP) is 3.38. The molecule has 1 aromatic carbocycles. The Bertz CT molecular complexity index is 750. The van der Waals surface area contributed by atoms with Crippen molar-refractivity contribution in [3.8, 4) is 0 Å². The first-order valence-corrected chi connectivity index (χ1v) is 9.16. The van der Waals surface area contributed by atoms with Gasteiger partial charge in [-0.25, -0.2) is 4.79 Å². The quantitative estimate of drug-likeness (QED) is 0.884. The van der Waals surface area contributed by atoms with Crippen molar-refractivity contribution in [3.63, 3.8) is 0 Å². The van der Waals surface area contributed by atoms with Crippen LogP contribution >= 0.6 is 0 Å². The van der Waals surface area contributed by atoms with Crippen molar-refractivity contribution in [2.45, 2.75) is 39.2 Å². The van der Waals surface area contributed by atoms with Crippen LogP contribution in [-0.4, -0.2) is 42.0 Å². The number of hydrogen-bond acceptors (Lipinski definition) is 3. The van der Waals surface area contributed by atoms with Crippen molar-refractivity contribution in [2.75, 3.05) is 19.6 Å². The summed E-state index contributed by atoms with van der Waals surface area (Å²) in [5, 5.41) is 6.77. The van der Waals surface area contributed by atoms with Gasteiger partial charge in [0, 0.05) is 30.6 Å². The molecule has 1 saturated heterocycles. The Labute approximate surface area is 153 Å². The molecule has 0 spiro atoms. The Hall–Kier alpha value is -2.50. The van der Waals surface area contributed by atoms with E-state index in [1.54, 1.807) is 0 Å². The van der Waals surface area contributed by atoms with Gasteiger partial charge in [0.05, 0.1) is 0 Å². The number of nitrogens with zero attached hydrogens (tertiary/aromatic N) is 1. The number of furan rings is 1. The SMILES string of the molecule is CC(C)(C)NC(=O)NCC1CCN(C(=O)c2cc3ccccc3o2)CC1. The van der Waals surface area contributed by atoms with Crippen molar-refractivity contribution >= 4 is 22.9 Å². The second kappa shape index (κ2) is 7.40. The summed E-state index contributed by atoms with van der Waals surface area (Å²) in [6.45, 7) is 7.86. The third-order valence-electron chi connectivity index (χ3n) is 4.58. The molecule has 6 nitrogen and oxygen atoms in total. The number of nitrogens with one attached hydrogen (secondary N) is 2. The maximum atomic E-state index is 12.7. The lowest BCUT2D eigenvalue weighted by Gasteiger charge is -2.31. The average molecular weight is 357 g/mol. The summed E-state index contributed by atoms with van der Waals surface area (Å²) in [7, 11) is 0. The van der Waals surface area contributed by atoms with Gasteiger partial charge in [-0.1, -0.05) is 18.2 Å². The van der Waals surface area contributed by atoms with Crippen LogP contribution in [-0.2, 0) is 0 Å². The minimum absolute atomic E-state index is 0.0573. The molecule has 3 rings (SSSR count). The summed E-state index contributed by atoms with van der Waals surface area (Å²) in [5.74, 6) is 0.728. The molecule has 3 amide bonds. The molecular formula is C20H27N3O3. The van der Waals surface area contributed by atoms with Gasteiger partial charge in [0.25, 0.3) is 5.91 Å². The van der Waals surface area contributed by atoms with Crippen molar-refractivity contribution < 1.29 is 14.0 Å². The Balaban J connectivity index is 1.49. The van der Waals surface area contributed by atoms with Gasteiger partial charge in [-0.05, 0) is 51.7 Å². The Morgan fingerprint density at radius 3 is 2.54 bits per heavy atom. The van der Waals surface area contributed by atoms with Crippen LogP contribution in [0.5, 0.6) is 0 Å². The van der Waals surface area contributed by atoms with Crippen LogP contribution in [0.25, 0.3) is 11.0 Å². The van der Waals surface area contributed by atoms with E-state index in [0.29, 0.717) is 31.3 Å². The second-order valence-electron chi connectivity index (χ2n) is 7.97. The molecule has 6 heteroatoms. The molecule has 0 atom stereocenters. The molecule has 0 saturated carbocycles. The van der Waals surface area contributed by atoms with Gasteiger partial charge in [-0.3, -0.25) is 4.79 Å². The van der Waals surface area contributed by atoms with Gasteiger partial charge >= 0.3 is 6.03 Å². The zero-order chi connectivity index (χ0) is 18.7.